The van der Waals surface area contributed by atoms with Crippen molar-refractivity contribution in [1.82, 2.24) is 5.32 Å². The number of nitrogens with zero attached hydrogens (tertiary/aromatic N) is 1. The zero-order valence-electron chi connectivity index (χ0n) is 15.8. The van der Waals surface area contributed by atoms with Crippen LogP contribution in [0.3, 0.4) is 0 Å². The van der Waals surface area contributed by atoms with Gasteiger partial charge in [0.05, 0.1) is 37.4 Å². The van der Waals surface area contributed by atoms with Crippen molar-refractivity contribution in [3.63, 3.8) is 0 Å². The van der Waals surface area contributed by atoms with Gasteiger partial charge >= 0.3 is 5.97 Å². The van der Waals surface area contributed by atoms with Crippen molar-refractivity contribution in [3.8, 4) is 5.75 Å². The lowest BCUT2D eigenvalue weighted by molar-refractivity contribution is -0.121. The number of carbonyl (C=O) groups is 3. The van der Waals surface area contributed by atoms with Crippen molar-refractivity contribution in [1.29, 1.82) is 0 Å². The zero-order chi connectivity index (χ0) is 20.1. The number of anilines is 1. The molecule has 0 unspecified atom stereocenters. The Morgan fingerprint density at radius 1 is 1.11 bits per heavy atom. The number of hydrogen-bond acceptors (Lipinski definition) is 6. The lowest BCUT2D eigenvalue weighted by atomic mass is 10.2. The first-order valence-corrected chi connectivity index (χ1v) is 9.03. The first-order chi connectivity index (χ1) is 13.5. The maximum absolute atomic E-state index is 12.7. The smallest absolute Gasteiger partial charge is 0.338 e. The van der Waals surface area contributed by atoms with E-state index >= 15 is 0 Å². The minimum absolute atomic E-state index is 0.0919. The minimum Gasteiger partial charge on any atom is -0.497 e. The van der Waals surface area contributed by atoms with Crippen LogP contribution in [0.25, 0.3) is 0 Å². The van der Waals surface area contributed by atoms with E-state index in [0.29, 0.717) is 17.8 Å². The molecule has 1 saturated heterocycles. The number of rotatable bonds is 7. The number of hydrogen-bond donors (Lipinski definition) is 1. The summed E-state index contributed by atoms with van der Waals surface area (Å²) in [5.41, 5.74) is 1.80. The molecule has 0 bridgehead atoms. The van der Waals surface area contributed by atoms with E-state index in [-0.39, 0.29) is 24.8 Å². The van der Waals surface area contributed by atoms with E-state index in [0.717, 1.165) is 16.2 Å². The number of benzene rings is 2. The van der Waals surface area contributed by atoms with E-state index in [9.17, 15) is 14.4 Å². The van der Waals surface area contributed by atoms with Crippen LogP contribution in [0.15, 0.2) is 48.5 Å². The Morgan fingerprint density at radius 3 is 2.39 bits per heavy atom. The van der Waals surface area contributed by atoms with Gasteiger partial charge in [-0.05, 0) is 48.9 Å². The molecule has 2 aromatic rings. The normalized spacial score (nSPS) is 16.4. The molecule has 0 radical (unpaired) electrons. The van der Waals surface area contributed by atoms with Gasteiger partial charge in [-0.3, -0.25) is 9.59 Å². The third-order valence-corrected chi connectivity index (χ3v) is 4.49. The molecule has 1 N–H and O–H groups in total. The Kier molecular flexibility index (Phi) is 6.06. The summed E-state index contributed by atoms with van der Waals surface area (Å²) in [6.45, 7) is 2.47. The summed E-state index contributed by atoms with van der Waals surface area (Å²) in [7, 11) is 1.60. The van der Waals surface area contributed by atoms with E-state index in [4.69, 9.17) is 9.47 Å². The average Bonchev–Trinajstić information content (AvgIpc) is 3.00. The minimum atomic E-state index is -0.584. The van der Waals surface area contributed by atoms with Crippen molar-refractivity contribution < 1.29 is 23.9 Å². The number of amides is 2. The molecule has 2 aromatic carbocycles. The summed E-state index contributed by atoms with van der Waals surface area (Å²) in [5.74, 6) is -0.260. The van der Waals surface area contributed by atoms with Crippen LogP contribution in [0, 0.1) is 0 Å². The van der Waals surface area contributed by atoms with Crippen LogP contribution in [0.4, 0.5) is 5.69 Å². The predicted octanol–water partition coefficient (Wildman–Crippen LogP) is 2.29. The Morgan fingerprint density at radius 2 is 1.79 bits per heavy atom. The standard InChI is InChI=1S/C21H22N2O5/c1-3-28-21(26)15-6-8-16(9-7-15)23-19(24)12-18(20(23)25)22-13-14-4-10-17(27-2)11-5-14/h4-11,18,22H,3,12-13H2,1-2H3/t18-/m1/s1. The highest BCUT2D eigenvalue weighted by molar-refractivity contribution is 6.22. The maximum atomic E-state index is 12.7. The SMILES string of the molecule is CCOC(=O)c1ccc(N2C(=O)C[C@@H](NCc3ccc(OC)cc3)C2=O)cc1. The summed E-state index contributed by atoms with van der Waals surface area (Å²) >= 11 is 0. The van der Waals surface area contributed by atoms with E-state index in [1.807, 2.05) is 24.3 Å². The molecule has 0 aromatic heterocycles. The molecular weight excluding hydrogens is 360 g/mol. The van der Waals surface area contributed by atoms with Crippen LogP contribution >= 0.6 is 0 Å². The number of imide groups is 1. The van der Waals surface area contributed by atoms with Crippen LogP contribution in [0.1, 0.15) is 29.3 Å². The maximum Gasteiger partial charge on any atom is 0.338 e. The highest BCUT2D eigenvalue weighted by Gasteiger charge is 2.39. The van der Waals surface area contributed by atoms with Gasteiger partial charge in [-0.25, -0.2) is 9.69 Å². The van der Waals surface area contributed by atoms with Gasteiger partial charge in [0.2, 0.25) is 5.91 Å². The molecule has 1 fully saturated rings. The first-order valence-electron chi connectivity index (χ1n) is 9.03. The third kappa shape index (κ3) is 4.20. The van der Waals surface area contributed by atoms with Crippen molar-refractivity contribution in [3.05, 3.63) is 59.7 Å². The molecule has 3 rings (SSSR count). The molecule has 0 spiro atoms. The Hall–Kier alpha value is -3.19. The highest BCUT2D eigenvalue weighted by atomic mass is 16.5. The van der Waals surface area contributed by atoms with Crippen molar-refractivity contribution in [2.75, 3.05) is 18.6 Å². The number of methoxy groups -OCH3 is 1. The number of nitrogens with one attached hydrogen (secondary N) is 1. The molecule has 28 heavy (non-hydrogen) atoms. The largest absolute Gasteiger partial charge is 0.497 e. The van der Waals surface area contributed by atoms with Gasteiger partial charge in [-0.15, -0.1) is 0 Å². The number of carbonyl (C=O) groups excluding carboxylic acids is 3. The topological polar surface area (TPSA) is 84.9 Å². The third-order valence-electron chi connectivity index (χ3n) is 4.49. The van der Waals surface area contributed by atoms with E-state index < -0.39 is 12.0 Å². The average molecular weight is 382 g/mol. The molecule has 0 aliphatic carbocycles. The second kappa shape index (κ2) is 8.67. The fourth-order valence-electron chi connectivity index (χ4n) is 3.01. The summed E-state index contributed by atoms with van der Waals surface area (Å²) in [5, 5.41) is 3.13. The van der Waals surface area contributed by atoms with Crippen molar-refractivity contribution in [2.45, 2.75) is 25.9 Å². The second-order valence-corrected chi connectivity index (χ2v) is 6.32. The van der Waals surface area contributed by atoms with Crippen LogP contribution in [-0.2, 0) is 20.9 Å². The van der Waals surface area contributed by atoms with Gasteiger partial charge in [-0.2, -0.15) is 0 Å². The lowest BCUT2D eigenvalue weighted by Crippen LogP contribution is -2.38. The summed E-state index contributed by atoms with van der Waals surface area (Å²) in [6.07, 6.45) is 0.0919. The van der Waals surface area contributed by atoms with E-state index in [1.54, 1.807) is 38.3 Å². The predicted molar refractivity (Wildman–Crippen MR) is 103 cm³/mol. The summed E-state index contributed by atoms with van der Waals surface area (Å²) in [6, 6.07) is 13.2. The molecule has 1 aliphatic rings. The summed E-state index contributed by atoms with van der Waals surface area (Å²) < 4.78 is 10.1. The lowest BCUT2D eigenvalue weighted by Gasteiger charge is -2.16. The van der Waals surface area contributed by atoms with Gasteiger partial charge in [-0.1, -0.05) is 12.1 Å². The van der Waals surface area contributed by atoms with Crippen LogP contribution in [0.2, 0.25) is 0 Å². The second-order valence-electron chi connectivity index (χ2n) is 6.32. The van der Waals surface area contributed by atoms with E-state index in [1.165, 1.54) is 0 Å². The molecule has 1 aliphatic heterocycles. The van der Waals surface area contributed by atoms with Crippen molar-refractivity contribution >= 4 is 23.5 Å². The monoisotopic (exact) mass is 382 g/mol. The number of ether oxygens (including phenoxy) is 2. The van der Waals surface area contributed by atoms with Gasteiger partial charge < -0.3 is 14.8 Å². The Labute approximate surface area is 163 Å². The molecule has 7 nitrogen and oxygen atoms in total. The first kappa shape index (κ1) is 19.6. The van der Waals surface area contributed by atoms with Crippen molar-refractivity contribution in [2.24, 2.45) is 0 Å². The molecule has 0 saturated carbocycles. The molecule has 1 heterocycles. The zero-order valence-corrected chi connectivity index (χ0v) is 15.8. The Balaban J connectivity index is 1.65. The summed E-state index contributed by atoms with van der Waals surface area (Å²) in [4.78, 5) is 37.9. The van der Waals surface area contributed by atoms with Gasteiger partial charge in [0.1, 0.15) is 5.75 Å². The van der Waals surface area contributed by atoms with Crippen LogP contribution in [-0.4, -0.2) is 37.5 Å². The molecule has 1 atom stereocenters. The molecule has 2 amide bonds. The molecular formula is C21H22N2O5. The fraction of sp³-hybridized carbons (Fsp3) is 0.286. The molecule has 7 heteroatoms. The quantitative estimate of drug-likeness (QED) is 0.584. The highest BCUT2D eigenvalue weighted by Crippen LogP contribution is 2.24. The molecule has 146 valence electrons. The van der Waals surface area contributed by atoms with Crippen LogP contribution < -0.4 is 15.0 Å². The van der Waals surface area contributed by atoms with E-state index in [2.05, 4.69) is 5.32 Å². The Bertz CT molecular complexity index is 861. The number of esters is 1. The van der Waals surface area contributed by atoms with Gasteiger partial charge in [0, 0.05) is 6.54 Å². The van der Waals surface area contributed by atoms with Crippen LogP contribution in [0.5, 0.6) is 5.75 Å². The van der Waals surface area contributed by atoms with Gasteiger partial charge in [0.25, 0.3) is 5.91 Å². The fourth-order valence-corrected chi connectivity index (χ4v) is 3.01. The van der Waals surface area contributed by atoms with Gasteiger partial charge in [0.15, 0.2) is 0 Å².